The van der Waals surface area contributed by atoms with Gasteiger partial charge in [0.1, 0.15) is 11.4 Å². The molecule has 1 N–H and O–H groups in total. The second-order valence-corrected chi connectivity index (χ2v) is 10.6. The number of nitrogens with zero attached hydrogens (tertiary/aromatic N) is 4. The summed E-state index contributed by atoms with van der Waals surface area (Å²) in [6.45, 7) is 8.98. The molecule has 1 unspecified atom stereocenters. The van der Waals surface area contributed by atoms with E-state index in [1.807, 2.05) is 34.7 Å². The van der Waals surface area contributed by atoms with Crippen LogP contribution in [0, 0.1) is 27.7 Å². The Balaban J connectivity index is 1.32. The molecular formula is C24H25N5O2S2. The van der Waals surface area contributed by atoms with Crippen molar-refractivity contribution in [1.82, 2.24) is 24.6 Å². The lowest BCUT2D eigenvalue weighted by molar-refractivity contribution is 0.0451. The van der Waals surface area contributed by atoms with Gasteiger partial charge in [0.2, 0.25) is 0 Å². The van der Waals surface area contributed by atoms with Gasteiger partial charge >= 0.3 is 0 Å². The zero-order valence-corrected chi connectivity index (χ0v) is 20.6. The first kappa shape index (κ1) is 21.8. The SMILES string of the molecule is Cc1ccc(-c2sc(C)nc2C(=O)N2CCC2CNC(=O)c2c(C)nc3sccn23)c(C)c1. The molecule has 3 aromatic heterocycles. The maximum Gasteiger partial charge on any atom is 0.274 e. The molecule has 0 saturated carbocycles. The third-order valence-corrected chi connectivity index (χ3v) is 7.88. The van der Waals surface area contributed by atoms with Gasteiger partial charge in [-0.3, -0.25) is 14.0 Å². The molecule has 170 valence electrons. The van der Waals surface area contributed by atoms with Crippen LogP contribution >= 0.6 is 22.7 Å². The van der Waals surface area contributed by atoms with Crippen LogP contribution in [0.3, 0.4) is 0 Å². The number of aryl methyl sites for hydroxylation is 4. The van der Waals surface area contributed by atoms with Crippen molar-refractivity contribution in [3.05, 3.63) is 63.0 Å². The first-order chi connectivity index (χ1) is 15.8. The second-order valence-electron chi connectivity index (χ2n) is 8.48. The minimum absolute atomic E-state index is 0.0402. The number of fused-ring (bicyclic) bond motifs is 1. The number of imidazole rings is 1. The number of aromatic nitrogens is 3. The highest BCUT2D eigenvalue weighted by atomic mass is 32.1. The number of carbonyl (C=O) groups excluding carboxylic acids is 2. The first-order valence-electron chi connectivity index (χ1n) is 10.9. The number of likely N-dealkylation sites (tertiary alicyclic amines) is 1. The lowest BCUT2D eigenvalue weighted by Gasteiger charge is -2.40. The molecule has 2 amide bonds. The minimum Gasteiger partial charge on any atom is -0.349 e. The smallest absolute Gasteiger partial charge is 0.274 e. The summed E-state index contributed by atoms with van der Waals surface area (Å²) in [6, 6.07) is 6.22. The second kappa shape index (κ2) is 8.39. The Bertz CT molecular complexity index is 1380. The fraction of sp³-hybridized carbons (Fsp3) is 0.333. The molecule has 0 aliphatic carbocycles. The van der Waals surface area contributed by atoms with Crippen LogP contribution in [-0.2, 0) is 0 Å². The Morgan fingerprint density at radius 3 is 2.73 bits per heavy atom. The van der Waals surface area contributed by atoms with E-state index in [1.54, 1.807) is 11.3 Å². The van der Waals surface area contributed by atoms with Crippen LogP contribution in [0.2, 0.25) is 0 Å². The number of nitrogens with one attached hydrogen (secondary N) is 1. The Hall–Kier alpha value is -3.04. The van der Waals surface area contributed by atoms with E-state index in [2.05, 4.69) is 47.3 Å². The summed E-state index contributed by atoms with van der Waals surface area (Å²) in [5.41, 5.74) is 5.14. The summed E-state index contributed by atoms with van der Waals surface area (Å²) in [6.07, 6.45) is 2.71. The van der Waals surface area contributed by atoms with Crippen LogP contribution in [-0.4, -0.2) is 50.2 Å². The number of hydrogen-bond donors (Lipinski definition) is 1. The standard InChI is InChI=1S/C24H25N5O2S2/c1-13-5-6-18(14(2)11-13)21-19(27-16(4)33-21)23(31)28-8-7-17(28)12-25-22(30)20-15(3)26-24-29(20)9-10-32-24/h5-6,9-11,17H,7-8,12H2,1-4H3,(H,25,30). The van der Waals surface area contributed by atoms with E-state index in [0.29, 0.717) is 30.2 Å². The molecule has 4 aromatic rings. The van der Waals surface area contributed by atoms with E-state index in [-0.39, 0.29) is 17.9 Å². The van der Waals surface area contributed by atoms with Gasteiger partial charge < -0.3 is 10.2 Å². The third-order valence-electron chi connectivity index (χ3n) is 6.12. The van der Waals surface area contributed by atoms with E-state index in [4.69, 9.17) is 0 Å². The normalized spacial score (nSPS) is 15.6. The predicted molar refractivity (Wildman–Crippen MR) is 131 cm³/mol. The fourth-order valence-corrected chi connectivity index (χ4v) is 6.10. The summed E-state index contributed by atoms with van der Waals surface area (Å²) in [5.74, 6) is -0.237. The van der Waals surface area contributed by atoms with Crippen LogP contribution < -0.4 is 5.32 Å². The molecule has 0 radical (unpaired) electrons. The van der Waals surface area contributed by atoms with Crippen LogP contribution in [0.15, 0.2) is 29.8 Å². The maximum absolute atomic E-state index is 13.4. The Morgan fingerprint density at radius 2 is 2.00 bits per heavy atom. The Labute approximate surface area is 200 Å². The molecule has 1 aliphatic heterocycles. The van der Waals surface area contributed by atoms with E-state index in [9.17, 15) is 9.59 Å². The van der Waals surface area contributed by atoms with Crippen LogP contribution in [0.5, 0.6) is 0 Å². The van der Waals surface area contributed by atoms with Crippen molar-refractivity contribution in [3.63, 3.8) is 0 Å². The molecule has 0 spiro atoms. The molecule has 1 fully saturated rings. The molecule has 0 bridgehead atoms. The van der Waals surface area contributed by atoms with Gasteiger partial charge in [-0.25, -0.2) is 9.97 Å². The quantitative estimate of drug-likeness (QED) is 0.460. The van der Waals surface area contributed by atoms with E-state index in [0.717, 1.165) is 32.4 Å². The number of rotatable bonds is 5. The van der Waals surface area contributed by atoms with Crippen molar-refractivity contribution in [2.45, 2.75) is 40.2 Å². The molecule has 7 nitrogen and oxygen atoms in total. The summed E-state index contributed by atoms with van der Waals surface area (Å²) in [5, 5.41) is 5.79. The van der Waals surface area contributed by atoms with Crippen molar-refractivity contribution in [2.24, 2.45) is 0 Å². The summed E-state index contributed by atoms with van der Waals surface area (Å²) >= 11 is 3.05. The van der Waals surface area contributed by atoms with Crippen LogP contribution in [0.25, 0.3) is 15.4 Å². The first-order valence-corrected chi connectivity index (χ1v) is 12.6. The Morgan fingerprint density at radius 1 is 1.18 bits per heavy atom. The molecule has 1 saturated heterocycles. The molecule has 1 aromatic carbocycles. The number of thiazole rings is 2. The monoisotopic (exact) mass is 479 g/mol. The molecule has 1 atom stereocenters. The number of hydrogen-bond acceptors (Lipinski definition) is 6. The van der Waals surface area contributed by atoms with Crippen LogP contribution in [0.1, 0.15) is 49.2 Å². The van der Waals surface area contributed by atoms with Gasteiger partial charge in [0.15, 0.2) is 4.96 Å². The summed E-state index contributed by atoms with van der Waals surface area (Å²) in [4.78, 5) is 38.9. The highest BCUT2D eigenvalue weighted by Crippen LogP contribution is 2.35. The number of amides is 2. The van der Waals surface area contributed by atoms with E-state index < -0.39 is 0 Å². The van der Waals surface area contributed by atoms with Crippen molar-refractivity contribution in [1.29, 1.82) is 0 Å². The molecule has 33 heavy (non-hydrogen) atoms. The van der Waals surface area contributed by atoms with Crippen molar-refractivity contribution in [3.8, 4) is 10.4 Å². The lowest BCUT2D eigenvalue weighted by atomic mass is 10.00. The van der Waals surface area contributed by atoms with Crippen molar-refractivity contribution < 1.29 is 9.59 Å². The fourth-order valence-electron chi connectivity index (χ4n) is 4.34. The van der Waals surface area contributed by atoms with Crippen LogP contribution in [0.4, 0.5) is 0 Å². The van der Waals surface area contributed by atoms with Crippen molar-refractivity contribution >= 4 is 39.4 Å². The number of benzene rings is 1. The molecule has 4 heterocycles. The minimum atomic E-state index is -0.168. The van der Waals surface area contributed by atoms with E-state index >= 15 is 0 Å². The average molecular weight is 480 g/mol. The summed E-state index contributed by atoms with van der Waals surface area (Å²) in [7, 11) is 0. The molecule has 1 aliphatic rings. The van der Waals surface area contributed by atoms with Gasteiger partial charge in [-0.2, -0.15) is 0 Å². The van der Waals surface area contributed by atoms with Gasteiger partial charge in [-0.1, -0.05) is 23.8 Å². The highest BCUT2D eigenvalue weighted by molar-refractivity contribution is 7.15. The van der Waals surface area contributed by atoms with Gasteiger partial charge in [0, 0.05) is 24.7 Å². The Kier molecular flexibility index (Phi) is 5.54. The molecule has 9 heteroatoms. The molecule has 5 rings (SSSR count). The highest BCUT2D eigenvalue weighted by Gasteiger charge is 2.36. The number of carbonyl (C=O) groups is 2. The average Bonchev–Trinajstić information content (AvgIpc) is 3.41. The summed E-state index contributed by atoms with van der Waals surface area (Å²) < 4.78 is 1.81. The maximum atomic E-state index is 13.4. The van der Waals surface area contributed by atoms with Gasteiger partial charge in [0.05, 0.1) is 21.6 Å². The van der Waals surface area contributed by atoms with Gasteiger partial charge in [-0.15, -0.1) is 22.7 Å². The third kappa shape index (κ3) is 3.85. The lowest BCUT2D eigenvalue weighted by Crippen LogP contribution is -2.56. The van der Waals surface area contributed by atoms with Gasteiger partial charge in [0.25, 0.3) is 11.8 Å². The van der Waals surface area contributed by atoms with Crippen molar-refractivity contribution in [2.75, 3.05) is 13.1 Å². The topological polar surface area (TPSA) is 79.6 Å². The predicted octanol–water partition coefficient (Wildman–Crippen LogP) is 4.40. The van der Waals surface area contributed by atoms with E-state index in [1.165, 1.54) is 16.9 Å². The zero-order valence-electron chi connectivity index (χ0n) is 19.0. The zero-order chi connectivity index (χ0) is 23.3. The molecular weight excluding hydrogens is 454 g/mol. The largest absolute Gasteiger partial charge is 0.349 e. The van der Waals surface area contributed by atoms with Gasteiger partial charge in [-0.05, 0) is 45.2 Å².